The molecule has 0 fully saturated rings. The summed E-state index contributed by atoms with van der Waals surface area (Å²) in [5.41, 5.74) is 0.308. The highest BCUT2D eigenvalue weighted by Gasteiger charge is 2.26. The lowest BCUT2D eigenvalue weighted by molar-refractivity contribution is -0.139. The molecule has 17 heavy (non-hydrogen) atoms. The minimum atomic E-state index is -1.51. The summed E-state index contributed by atoms with van der Waals surface area (Å²) in [5.74, 6) is -0.311. The van der Waals surface area contributed by atoms with E-state index < -0.39 is 8.32 Å². The first-order valence-corrected chi connectivity index (χ1v) is 9.47. The van der Waals surface area contributed by atoms with Crippen molar-refractivity contribution in [2.24, 2.45) is 0 Å². The second-order valence-corrected chi connectivity index (χ2v) is 10.4. The van der Waals surface area contributed by atoms with Gasteiger partial charge in [0.05, 0.1) is 12.2 Å². The first-order valence-electron chi connectivity index (χ1n) is 6.06. The summed E-state index contributed by atoms with van der Waals surface area (Å²) in [7, 11) is -1.51. The number of carbonyl (C=O) groups excluding carboxylic acids is 1. The molecule has 0 radical (unpaired) electrons. The van der Waals surface area contributed by atoms with Crippen LogP contribution in [0.25, 0.3) is 0 Å². The number of rotatable bonds is 7. The molecular weight excluding hydrogens is 232 g/mol. The Bertz CT molecular complexity index is 277. The zero-order chi connectivity index (χ0) is 13.7. The van der Waals surface area contributed by atoms with Crippen molar-refractivity contribution >= 4 is 14.3 Å². The van der Waals surface area contributed by atoms with E-state index in [2.05, 4.69) is 40.1 Å². The Labute approximate surface area is 106 Å². The Hall–Kier alpha value is -0.613. The van der Waals surface area contributed by atoms with Crippen LogP contribution in [0, 0.1) is 0 Å². The number of hydrogen-bond acceptors (Lipinski definition) is 3. The molecule has 0 rings (SSSR count). The highest BCUT2D eigenvalue weighted by atomic mass is 28.4. The van der Waals surface area contributed by atoms with E-state index in [1.54, 1.807) is 6.92 Å². The van der Waals surface area contributed by atoms with Crippen LogP contribution in [-0.4, -0.2) is 26.5 Å². The third-order valence-corrected chi connectivity index (χ3v) is 3.25. The standard InChI is InChI=1S/C13H26O3Si/c1-11(2)12(14)15-10-8-9-13(3,4)16-17(5,6)7/h1,8-10H2,2-7H3. The molecule has 0 bridgehead atoms. The van der Waals surface area contributed by atoms with Gasteiger partial charge in [0.15, 0.2) is 8.32 Å². The van der Waals surface area contributed by atoms with Crippen LogP contribution in [-0.2, 0) is 14.0 Å². The highest BCUT2D eigenvalue weighted by molar-refractivity contribution is 6.69. The van der Waals surface area contributed by atoms with Crippen molar-refractivity contribution in [1.29, 1.82) is 0 Å². The number of hydrogen-bond donors (Lipinski definition) is 0. The molecule has 0 aromatic heterocycles. The van der Waals surface area contributed by atoms with Gasteiger partial charge in [-0.25, -0.2) is 4.79 Å². The number of carbonyl (C=O) groups is 1. The maximum absolute atomic E-state index is 11.1. The summed E-state index contributed by atoms with van der Waals surface area (Å²) in [6.45, 7) is 16.3. The molecule has 0 aromatic carbocycles. The smallest absolute Gasteiger partial charge is 0.333 e. The topological polar surface area (TPSA) is 35.5 Å². The molecule has 0 aliphatic carbocycles. The Morgan fingerprint density at radius 2 is 1.82 bits per heavy atom. The number of esters is 1. The predicted molar refractivity (Wildman–Crippen MR) is 73.5 cm³/mol. The van der Waals surface area contributed by atoms with Gasteiger partial charge >= 0.3 is 5.97 Å². The molecule has 0 saturated heterocycles. The van der Waals surface area contributed by atoms with Crippen LogP contribution in [0.5, 0.6) is 0 Å². The van der Waals surface area contributed by atoms with E-state index >= 15 is 0 Å². The normalized spacial score (nSPS) is 12.4. The van der Waals surface area contributed by atoms with Crippen LogP contribution in [0.3, 0.4) is 0 Å². The van der Waals surface area contributed by atoms with E-state index in [9.17, 15) is 4.79 Å². The summed E-state index contributed by atoms with van der Waals surface area (Å²) in [4.78, 5) is 11.1. The van der Waals surface area contributed by atoms with E-state index in [1.165, 1.54) is 0 Å². The van der Waals surface area contributed by atoms with Gasteiger partial charge in [0.25, 0.3) is 0 Å². The Kier molecular flexibility index (Phi) is 6.13. The second-order valence-electron chi connectivity index (χ2n) is 5.99. The average molecular weight is 258 g/mol. The molecule has 0 aliphatic heterocycles. The maximum Gasteiger partial charge on any atom is 0.333 e. The molecule has 4 heteroatoms. The molecule has 0 spiro atoms. The molecule has 0 heterocycles. The van der Waals surface area contributed by atoms with Crippen molar-refractivity contribution in [1.82, 2.24) is 0 Å². The van der Waals surface area contributed by atoms with Crippen LogP contribution in [0.2, 0.25) is 19.6 Å². The molecular formula is C13H26O3Si. The fourth-order valence-electron chi connectivity index (χ4n) is 1.67. The zero-order valence-electron chi connectivity index (χ0n) is 12.1. The summed E-state index contributed by atoms with van der Waals surface area (Å²) in [6, 6.07) is 0. The molecule has 0 amide bonds. The lowest BCUT2D eigenvalue weighted by atomic mass is 10.0. The lowest BCUT2D eigenvalue weighted by Gasteiger charge is -2.33. The Morgan fingerprint density at radius 1 is 1.29 bits per heavy atom. The SMILES string of the molecule is C=C(C)C(=O)OCCCC(C)(C)O[Si](C)(C)C. The van der Waals surface area contributed by atoms with Gasteiger partial charge in [-0.05, 0) is 53.3 Å². The predicted octanol–water partition coefficient (Wildman–Crippen LogP) is 3.52. The Morgan fingerprint density at radius 3 is 2.24 bits per heavy atom. The van der Waals surface area contributed by atoms with Gasteiger partial charge in [-0.1, -0.05) is 6.58 Å². The van der Waals surface area contributed by atoms with Gasteiger partial charge in [0, 0.05) is 5.57 Å². The fourth-order valence-corrected chi connectivity index (χ4v) is 3.43. The monoisotopic (exact) mass is 258 g/mol. The van der Waals surface area contributed by atoms with Crippen LogP contribution in [0.1, 0.15) is 33.6 Å². The third kappa shape index (κ3) is 9.12. The fraction of sp³-hybridized carbons (Fsp3) is 0.769. The number of ether oxygens (including phenoxy) is 1. The largest absolute Gasteiger partial charge is 0.462 e. The highest BCUT2D eigenvalue weighted by Crippen LogP contribution is 2.22. The van der Waals surface area contributed by atoms with Crippen LogP contribution < -0.4 is 0 Å². The molecule has 0 aromatic rings. The molecule has 0 unspecified atom stereocenters. The van der Waals surface area contributed by atoms with Crippen LogP contribution in [0.15, 0.2) is 12.2 Å². The molecule has 0 atom stereocenters. The third-order valence-electron chi connectivity index (χ3n) is 2.09. The van der Waals surface area contributed by atoms with Gasteiger partial charge in [-0.2, -0.15) is 0 Å². The summed E-state index contributed by atoms with van der Waals surface area (Å²) in [6.07, 6.45) is 1.71. The quantitative estimate of drug-likeness (QED) is 0.303. The van der Waals surface area contributed by atoms with Crippen LogP contribution >= 0.6 is 0 Å². The second kappa shape index (κ2) is 6.35. The average Bonchev–Trinajstić information content (AvgIpc) is 2.07. The van der Waals surface area contributed by atoms with E-state index in [4.69, 9.17) is 9.16 Å². The van der Waals surface area contributed by atoms with Crippen molar-refractivity contribution in [3.8, 4) is 0 Å². The molecule has 0 aliphatic rings. The van der Waals surface area contributed by atoms with Gasteiger partial charge in [-0.15, -0.1) is 0 Å². The van der Waals surface area contributed by atoms with Gasteiger partial charge < -0.3 is 9.16 Å². The van der Waals surface area contributed by atoms with E-state index in [0.29, 0.717) is 12.2 Å². The van der Waals surface area contributed by atoms with E-state index in [1.807, 2.05) is 0 Å². The lowest BCUT2D eigenvalue weighted by Crippen LogP contribution is -2.38. The molecule has 100 valence electrons. The molecule has 0 saturated carbocycles. The first kappa shape index (κ1) is 16.4. The van der Waals surface area contributed by atoms with Gasteiger partial charge in [-0.3, -0.25) is 0 Å². The summed E-state index contributed by atoms with van der Waals surface area (Å²) >= 11 is 0. The van der Waals surface area contributed by atoms with Crippen LogP contribution in [0.4, 0.5) is 0 Å². The zero-order valence-corrected chi connectivity index (χ0v) is 13.1. The van der Waals surface area contributed by atoms with E-state index in [-0.39, 0.29) is 11.6 Å². The van der Waals surface area contributed by atoms with Crippen molar-refractivity contribution in [3.63, 3.8) is 0 Å². The Balaban J connectivity index is 3.88. The minimum Gasteiger partial charge on any atom is -0.462 e. The van der Waals surface area contributed by atoms with Crippen molar-refractivity contribution in [2.75, 3.05) is 6.61 Å². The van der Waals surface area contributed by atoms with Crippen molar-refractivity contribution in [3.05, 3.63) is 12.2 Å². The van der Waals surface area contributed by atoms with E-state index in [0.717, 1.165) is 12.8 Å². The molecule has 0 N–H and O–H groups in total. The van der Waals surface area contributed by atoms with Gasteiger partial charge in [0.1, 0.15) is 0 Å². The van der Waals surface area contributed by atoms with Crippen molar-refractivity contribution < 1.29 is 14.0 Å². The van der Waals surface area contributed by atoms with Crippen molar-refractivity contribution in [2.45, 2.75) is 58.9 Å². The molecule has 3 nitrogen and oxygen atoms in total. The first-order chi connectivity index (χ1) is 7.53. The maximum atomic E-state index is 11.1. The summed E-state index contributed by atoms with van der Waals surface area (Å²) < 4.78 is 11.1. The summed E-state index contributed by atoms with van der Waals surface area (Å²) in [5, 5.41) is 0. The van der Waals surface area contributed by atoms with Gasteiger partial charge in [0.2, 0.25) is 0 Å². The minimum absolute atomic E-state index is 0.139.